The van der Waals surface area contributed by atoms with Crippen molar-refractivity contribution < 1.29 is 24.2 Å². The molecule has 1 aliphatic carbocycles. The molecular weight excluding hydrogens is 408 g/mol. The summed E-state index contributed by atoms with van der Waals surface area (Å²) >= 11 is 0. The molecule has 0 radical (unpaired) electrons. The van der Waals surface area contributed by atoms with Crippen LogP contribution in [0.2, 0.25) is 0 Å². The van der Waals surface area contributed by atoms with Crippen LogP contribution in [0.1, 0.15) is 51.2 Å². The number of nitrogens with one attached hydrogen (secondary N) is 2. The quantitative estimate of drug-likeness (QED) is 0.579. The molecule has 3 rings (SSSR count). The van der Waals surface area contributed by atoms with Gasteiger partial charge in [-0.2, -0.15) is 0 Å². The number of benzene rings is 2. The van der Waals surface area contributed by atoms with Gasteiger partial charge in [0.15, 0.2) is 0 Å². The Hall–Kier alpha value is -3.35. The molecule has 0 saturated heterocycles. The van der Waals surface area contributed by atoms with Crippen molar-refractivity contribution in [2.45, 2.75) is 51.6 Å². The summed E-state index contributed by atoms with van der Waals surface area (Å²) in [6, 6.07) is 15.2. The maximum absolute atomic E-state index is 12.7. The molecule has 170 valence electrons. The van der Waals surface area contributed by atoms with E-state index in [0.29, 0.717) is 6.42 Å². The van der Waals surface area contributed by atoms with Gasteiger partial charge >= 0.3 is 12.1 Å². The Balaban J connectivity index is 1.68. The van der Waals surface area contributed by atoms with Gasteiger partial charge in [0.2, 0.25) is 5.91 Å². The number of carboxylic acid groups (broad SMARTS) is 1. The van der Waals surface area contributed by atoms with Gasteiger partial charge in [0.1, 0.15) is 18.2 Å². The van der Waals surface area contributed by atoms with E-state index in [1.807, 2.05) is 50.2 Å². The van der Waals surface area contributed by atoms with E-state index >= 15 is 0 Å². The fraction of sp³-hybridized carbons (Fsp3) is 0.400. The fourth-order valence-electron chi connectivity index (χ4n) is 3.93. The zero-order valence-corrected chi connectivity index (χ0v) is 18.8. The number of ether oxygens (including phenoxy) is 1. The second-order valence-electron chi connectivity index (χ2n) is 9.07. The van der Waals surface area contributed by atoms with Gasteiger partial charge in [-0.3, -0.25) is 4.79 Å². The van der Waals surface area contributed by atoms with Crippen LogP contribution in [0.5, 0.6) is 0 Å². The number of carbonyl (C=O) groups excluding carboxylic acids is 2. The van der Waals surface area contributed by atoms with Crippen molar-refractivity contribution in [2.24, 2.45) is 5.92 Å². The molecule has 0 aliphatic heterocycles. The highest BCUT2D eigenvalue weighted by atomic mass is 16.5. The molecule has 1 atom stereocenters. The highest BCUT2D eigenvalue weighted by Crippen LogP contribution is 2.44. The maximum Gasteiger partial charge on any atom is 0.407 e. The van der Waals surface area contributed by atoms with E-state index in [9.17, 15) is 19.5 Å². The average Bonchev–Trinajstić information content (AvgIpc) is 3.05. The minimum absolute atomic E-state index is 0.0866. The van der Waals surface area contributed by atoms with Crippen molar-refractivity contribution in [3.05, 3.63) is 59.7 Å². The van der Waals surface area contributed by atoms with Crippen LogP contribution in [0, 0.1) is 5.92 Å². The van der Waals surface area contributed by atoms with E-state index in [-0.39, 0.29) is 18.4 Å². The first-order valence-electron chi connectivity index (χ1n) is 10.8. The summed E-state index contributed by atoms with van der Waals surface area (Å²) in [6.45, 7) is 6.76. The molecule has 7 nitrogen and oxygen atoms in total. The van der Waals surface area contributed by atoms with E-state index in [2.05, 4.69) is 22.8 Å². The number of aliphatic carboxylic acids is 1. The summed E-state index contributed by atoms with van der Waals surface area (Å²) in [5.74, 6) is -1.70. The van der Waals surface area contributed by atoms with Gasteiger partial charge in [0, 0.05) is 5.92 Å². The van der Waals surface area contributed by atoms with Gasteiger partial charge in [-0.1, -0.05) is 62.4 Å². The maximum atomic E-state index is 12.7. The van der Waals surface area contributed by atoms with Crippen molar-refractivity contribution in [3.8, 4) is 11.1 Å². The Morgan fingerprint density at radius 3 is 2.03 bits per heavy atom. The second-order valence-corrected chi connectivity index (χ2v) is 9.07. The fourth-order valence-corrected chi connectivity index (χ4v) is 3.93. The van der Waals surface area contributed by atoms with Crippen molar-refractivity contribution >= 4 is 18.0 Å². The highest BCUT2D eigenvalue weighted by molar-refractivity contribution is 5.90. The van der Waals surface area contributed by atoms with Crippen LogP contribution in [0.15, 0.2) is 48.5 Å². The summed E-state index contributed by atoms with van der Waals surface area (Å²) in [5, 5.41) is 14.4. The van der Waals surface area contributed by atoms with E-state index < -0.39 is 29.6 Å². The van der Waals surface area contributed by atoms with Crippen molar-refractivity contribution in [1.82, 2.24) is 10.6 Å². The van der Waals surface area contributed by atoms with Crippen molar-refractivity contribution in [1.29, 1.82) is 0 Å². The molecule has 2 amide bonds. The lowest BCUT2D eigenvalue weighted by atomic mass is 9.98. The van der Waals surface area contributed by atoms with Gasteiger partial charge < -0.3 is 20.5 Å². The number of hydrogen-bond donors (Lipinski definition) is 3. The molecule has 2 aromatic carbocycles. The van der Waals surface area contributed by atoms with E-state index in [1.54, 1.807) is 0 Å². The number of carboxylic acids is 1. The van der Waals surface area contributed by atoms with Crippen molar-refractivity contribution in [3.63, 3.8) is 0 Å². The third kappa shape index (κ3) is 5.10. The molecule has 0 saturated carbocycles. The van der Waals surface area contributed by atoms with Crippen LogP contribution in [0.25, 0.3) is 11.1 Å². The Morgan fingerprint density at radius 1 is 1.00 bits per heavy atom. The van der Waals surface area contributed by atoms with Gasteiger partial charge in [-0.15, -0.1) is 0 Å². The van der Waals surface area contributed by atoms with Gasteiger partial charge in [-0.25, -0.2) is 9.59 Å². The van der Waals surface area contributed by atoms with Gasteiger partial charge in [0.25, 0.3) is 0 Å². The van der Waals surface area contributed by atoms with Crippen LogP contribution < -0.4 is 10.6 Å². The lowest BCUT2D eigenvalue weighted by Gasteiger charge is -2.26. The Morgan fingerprint density at radius 2 is 1.53 bits per heavy atom. The number of hydrogen-bond acceptors (Lipinski definition) is 4. The molecule has 2 aromatic rings. The van der Waals surface area contributed by atoms with E-state index in [1.165, 1.54) is 13.8 Å². The molecule has 32 heavy (non-hydrogen) atoms. The Labute approximate surface area is 188 Å². The van der Waals surface area contributed by atoms with Crippen LogP contribution >= 0.6 is 0 Å². The molecule has 1 unspecified atom stereocenters. The average molecular weight is 439 g/mol. The van der Waals surface area contributed by atoms with Crippen LogP contribution in [-0.2, 0) is 14.3 Å². The summed E-state index contributed by atoms with van der Waals surface area (Å²) < 4.78 is 5.53. The molecule has 0 aromatic heterocycles. The standard InChI is InChI=1S/C25H30N2O5/c1-15(2)13-21(22(28)27-25(3,4)23(29)30)26-24(31)32-14-20-18-11-7-5-9-16(18)17-10-6-8-12-19(17)20/h5-12,15,20-21H,13-14H2,1-4H3,(H,26,31)(H,27,28)(H,29,30). The summed E-state index contributed by atoms with van der Waals surface area (Å²) in [6.07, 6.45) is -0.355. The van der Waals surface area contributed by atoms with Gasteiger partial charge in [-0.05, 0) is 48.4 Å². The third-order valence-electron chi connectivity index (χ3n) is 5.63. The molecule has 3 N–H and O–H groups in total. The summed E-state index contributed by atoms with van der Waals surface area (Å²) in [4.78, 5) is 36.6. The summed E-state index contributed by atoms with van der Waals surface area (Å²) in [7, 11) is 0. The van der Waals surface area contributed by atoms with Gasteiger partial charge in [0.05, 0.1) is 0 Å². The summed E-state index contributed by atoms with van der Waals surface area (Å²) in [5.41, 5.74) is 3.01. The number of rotatable bonds is 8. The third-order valence-corrected chi connectivity index (χ3v) is 5.63. The molecule has 0 heterocycles. The molecule has 0 fully saturated rings. The predicted molar refractivity (Wildman–Crippen MR) is 121 cm³/mol. The lowest BCUT2D eigenvalue weighted by molar-refractivity contribution is -0.146. The number of fused-ring (bicyclic) bond motifs is 3. The minimum Gasteiger partial charge on any atom is -0.480 e. The number of carbonyl (C=O) groups is 3. The van der Waals surface area contributed by atoms with E-state index in [4.69, 9.17) is 4.74 Å². The lowest BCUT2D eigenvalue weighted by Crippen LogP contribution is -2.56. The zero-order valence-electron chi connectivity index (χ0n) is 18.8. The predicted octanol–water partition coefficient (Wildman–Crippen LogP) is 3.92. The first-order chi connectivity index (χ1) is 15.1. The molecule has 1 aliphatic rings. The SMILES string of the molecule is CC(C)CC(NC(=O)OCC1c2ccccc2-c2ccccc21)C(=O)NC(C)(C)C(=O)O. The van der Waals surface area contributed by atoms with Crippen LogP contribution in [0.4, 0.5) is 4.79 Å². The first-order valence-corrected chi connectivity index (χ1v) is 10.8. The molecular formula is C25H30N2O5. The Kier molecular flexibility index (Phi) is 6.87. The second kappa shape index (κ2) is 9.42. The Bertz CT molecular complexity index is 969. The van der Waals surface area contributed by atoms with Crippen molar-refractivity contribution in [2.75, 3.05) is 6.61 Å². The topological polar surface area (TPSA) is 105 Å². The number of amides is 2. The molecule has 7 heteroatoms. The molecule has 0 spiro atoms. The first kappa shape index (κ1) is 23.3. The van der Waals surface area contributed by atoms with Crippen LogP contribution in [-0.4, -0.2) is 41.3 Å². The largest absolute Gasteiger partial charge is 0.480 e. The van der Waals surface area contributed by atoms with E-state index in [0.717, 1.165) is 22.3 Å². The molecule has 0 bridgehead atoms. The monoisotopic (exact) mass is 438 g/mol. The number of alkyl carbamates (subject to hydrolysis) is 1. The minimum atomic E-state index is -1.45. The van der Waals surface area contributed by atoms with Crippen LogP contribution in [0.3, 0.4) is 0 Å². The highest BCUT2D eigenvalue weighted by Gasteiger charge is 2.34. The zero-order chi connectivity index (χ0) is 23.5. The normalized spacial score (nSPS) is 13.8. The smallest absolute Gasteiger partial charge is 0.407 e.